The number of nitrogens with zero attached hydrogens (tertiary/aromatic N) is 5. The minimum absolute atomic E-state index is 0.192. The average Bonchev–Trinajstić information content (AvgIpc) is 3.19. The lowest BCUT2D eigenvalue weighted by Crippen LogP contribution is -2.36. The minimum atomic E-state index is -0.303. The van der Waals surface area contributed by atoms with Crippen molar-refractivity contribution in [3.8, 4) is 11.4 Å². The molecule has 0 saturated carbocycles. The van der Waals surface area contributed by atoms with Gasteiger partial charge in [0.05, 0.1) is 11.7 Å². The molecule has 8 heteroatoms. The topological polar surface area (TPSA) is 89.7 Å². The SMILES string of the molecule is CC(C)[C@H](NC(=O)Nc1cc(-c2ccccn2)nn1C)c1nccn1C. The number of imidazole rings is 1. The molecule has 26 heavy (non-hydrogen) atoms. The second-order valence-corrected chi connectivity index (χ2v) is 6.47. The number of carbonyl (C=O) groups is 1. The van der Waals surface area contributed by atoms with Crippen molar-refractivity contribution >= 4 is 11.8 Å². The van der Waals surface area contributed by atoms with Gasteiger partial charge in [-0.1, -0.05) is 19.9 Å². The summed E-state index contributed by atoms with van der Waals surface area (Å²) in [5.74, 6) is 1.59. The normalized spacial score (nSPS) is 12.2. The number of amides is 2. The number of pyridine rings is 1. The van der Waals surface area contributed by atoms with Gasteiger partial charge in [-0.25, -0.2) is 9.78 Å². The van der Waals surface area contributed by atoms with Crippen LogP contribution >= 0.6 is 0 Å². The first-order valence-electron chi connectivity index (χ1n) is 8.46. The fraction of sp³-hybridized carbons (Fsp3) is 0.333. The van der Waals surface area contributed by atoms with Gasteiger partial charge in [0.25, 0.3) is 0 Å². The van der Waals surface area contributed by atoms with Crippen molar-refractivity contribution < 1.29 is 4.79 Å². The summed E-state index contributed by atoms with van der Waals surface area (Å²) < 4.78 is 3.53. The highest BCUT2D eigenvalue weighted by atomic mass is 16.2. The third-order valence-electron chi connectivity index (χ3n) is 4.14. The van der Waals surface area contributed by atoms with E-state index in [1.807, 2.05) is 49.9 Å². The molecule has 0 spiro atoms. The number of rotatable bonds is 5. The molecule has 2 amide bonds. The summed E-state index contributed by atoms with van der Waals surface area (Å²) in [5.41, 5.74) is 1.46. The lowest BCUT2D eigenvalue weighted by molar-refractivity contribution is 0.243. The molecule has 0 saturated heterocycles. The molecule has 3 aromatic heterocycles. The molecule has 0 unspecified atom stereocenters. The molecule has 136 valence electrons. The summed E-state index contributed by atoms with van der Waals surface area (Å²) in [6.07, 6.45) is 5.30. The van der Waals surface area contributed by atoms with Crippen LogP contribution in [-0.2, 0) is 14.1 Å². The summed E-state index contributed by atoms with van der Waals surface area (Å²) in [7, 11) is 3.69. The Balaban J connectivity index is 1.74. The molecule has 8 nitrogen and oxygen atoms in total. The van der Waals surface area contributed by atoms with Crippen molar-refractivity contribution in [3.63, 3.8) is 0 Å². The number of anilines is 1. The van der Waals surface area contributed by atoms with E-state index in [2.05, 4.69) is 25.7 Å². The van der Waals surface area contributed by atoms with Gasteiger partial charge in [-0.15, -0.1) is 0 Å². The van der Waals surface area contributed by atoms with E-state index >= 15 is 0 Å². The van der Waals surface area contributed by atoms with E-state index in [1.165, 1.54) is 0 Å². The number of hydrogen-bond donors (Lipinski definition) is 2. The lowest BCUT2D eigenvalue weighted by Gasteiger charge is -2.22. The van der Waals surface area contributed by atoms with Crippen molar-refractivity contribution in [1.29, 1.82) is 0 Å². The van der Waals surface area contributed by atoms with Crippen LogP contribution in [0.1, 0.15) is 25.7 Å². The molecule has 3 aromatic rings. The maximum Gasteiger partial charge on any atom is 0.320 e. The van der Waals surface area contributed by atoms with Crippen LogP contribution in [0.15, 0.2) is 42.9 Å². The Hall–Kier alpha value is -3.16. The highest BCUT2D eigenvalue weighted by molar-refractivity contribution is 5.89. The van der Waals surface area contributed by atoms with E-state index in [1.54, 1.807) is 30.2 Å². The highest BCUT2D eigenvalue weighted by Crippen LogP contribution is 2.21. The lowest BCUT2D eigenvalue weighted by atomic mass is 10.0. The van der Waals surface area contributed by atoms with Crippen LogP contribution in [0, 0.1) is 5.92 Å². The second-order valence-electron chi connectivity index (χ2n) is 6.47. The van der Waals surface area contributed by atoms with Gasteiger partial charge in [0, 0.05) is 38.8 Å². The quantitative estimate of drug-likeness (QED) is 0.738. The maximum absolute atomic E-state index is 12.5. The summed E-state index contributed by atoms with van der Waals surface area (Å²) in [6.45, 7) is 4.09. The van der Waals surface area contributed by atoms with Crippen molar-refractivity contribution in [1.82, 2.24) is 29.6 Å². The highest BCUT2D eigenvalue weighted by Gasteiger charge is 2.22. The Morgan fingerprint density at radius 2 is 1.92 bits per heavy atom. The number of aryl methyl sites for hydroxylation is 2. The van der Waals surface area contributed by atoms with Crippen molar-refractivity contribution in [2.45, 2.75) is 19.9 Å². The van der Waals surface area contributed by atoms with Gasteiger partial charge in [0.15, 0.2) is 0 Å². The fourth-order valence-corrected chi connectivity index (χ4v) is 2.72. The molecule has 0 aliphatic heterocycles. The molecule has 0 radical (unpaired) electrons. The van der Waals surface area contributed by atoms with Gasteiger partial charge in [-0.2, -0.15) is 5.10 Å². The summed E-state index contributed by atoms with van der Waals surface area (Å²) in [6, 6.07) is 6.93. The van der Waals surface area contributed by atoms with Crippen molar-refractivity contribution in [3.05, 3.63) is 48.7 Å². The predicted molar refractivity (Wildman–Crippen MR) is 99.4 cm³/mol. The number of nitrogens with one attached hydrogen (secondary N) is 2. The van der Waals surface area contributed by atoms with E-state index in [4.69, 9.17) is 0 Å². The van der Waals surface area contributed by atoms with E-state index in [9.17, 15) is 4.79 Å². The Morgan fingerprint density at radius 1 is 1.12 bits per heavy atom. The predicted octanol–water partition coefficient (Wildman–Crippen LogP) is 2.73. The minimum Gasteiger partial charge on any atom is -0.336 e. The smallest absolute Gasteiger partial charge is 0.320 e. The number of carbonyl (C=O) groups excluding carboxylic acids is 1. The monoisotopic (exact) mass is 353 g/mol. The molecule has 0 bridgehead atoms. The molecular weight excluding hydrogens is 330 g/mol. The van der Waals surface area contributed by atoms with Crippen LogP contribution in [0.3, 0.4) is 0 Å². The van der Waals surface area contributed by atoms with Gasteiger partial charge < -0.3 is 9.88 Å². The van der Waals surface area contributed by atoms with Crippen LogP contribution in [0.4, 0.5) is 10.6 Å². The van der Waals surface area contributed by atoms with Gasteiger partial charge >= 0.3 is 6.03 Å². The first kappa shape index (κ1) is 17.7. The first-order chi connectivity index (χ1) is 12.5. The molecule has 0 aliphatic carbocycles. The Labute approximate surface area is 152 Å². The molecule has 2 N–H and O–H groups in total. The third kappa shape index (κ3) is 3.74. The first-order valence-corrected chi connectivity index (χ1v) is 8.46. The second kappa shape index (κ2) is 7.38. The van der Waals surface area contributed by atoms with Crippen LogP contribution in [0.25, 0.3) is 11.4 Å². The third-order valence-corrected chi connectivity index (χ3v) is 4.14. The van der Waals surface area contributed by atoms with Gasteiger partial charge in [0.1, 0.15) is 17.3 Å². The Morgan fingerprint density at radius 3 is 2.54 bits per heavy atom. The van der Waals surface area contributed by atoms with Gasteiger partial charge in [-0.05, 0) is 18.1 Å². The molecule has 0 aliphatic rings. The van der Waals surface area contributed by atoms with E-state index in [0.29, 0.717) is 11.5 Å². The van der Waals surface area contributed by atoms with Crippen LogP contribution in [-0.4, -0.2) is 30.3 Å². The van der Waals surface area contributed by atoms with Crippen molar-refractivity contribution in [2.24, 2.45) is 20.0 Å². The zero-order valence-electron chi connectivity index (χ0n) is 15.3. The number of hydrogen-bond acceptors (Lipinski definition) is 4. The van der Waals surface area contributed by atoms with Crippen molar-refractivity contribution in [2.75, 3.05) is 5.32 Å². The van der Waals surface area contributed by atoms with Gasteiger partial charge in [-0.3, -0.25) is 15.0 Å². The Bertz CT molecular complexity index is 882. The van der Waals surface area contributed by atoms with E-state index in [0.717, 1.165) is 11.5 Å². The molecule has 0 fully saturated rings. The van der Waals surface area contributed by atoms with Crippen LogP contribution < -0.4 is 10.6 Å². The summed E-state index contributed by atoms with van der Waals surface area (Å²) in [5, 5.41) is 10.3. The molecular formula is C18H23N7O. The Kier molecular flexibility index (Phi) is 5.01. The molecule has 3 heterocycles. The standard InChI is InChI=1S/C18H23N7O/c1-12(2)16(17-20-9-10-24(17)3)22-18(26)21-15-11-14(23-25(15)4)13-7-5-6-8-19-13/h5-12,16H,1-4H3,(H2,21,22,26)/t16-/m0/s1. The number of aromatic nitrogens is 5. The summed E-state index contributed by atoms with van der Waals surface area (Å²) in [4.78, 5) is 21.2. The largest absolute Gasteiger partial charge is 0.336 e. The molecule has 3 rings (SSSR count). The van der Waals surface area contributed by atoms with Crippen LogP contribution in [0.5, 0.6) is 0 Å². The van der Waals surface area contributed by atoms with Crippen LogP contribution in [0.2, 0.25) is 0 Å². The van der Waals surface area contributed by atoms with Gasteiger partial charge in [0.2, 0.25) is 0 Å². The van der Waals surface area contributed by atoms with E-state index < -0.39 is 0 Å². The maximum atomic E-state index is 12.5. The zero-order chi connectivity index (χ0) is 18.7. The molecule has 0 aromatic carbocycles. The zero-order valence-corrected chi connectivity index (χ0v) is 15.3. The van der Waals surface area contributed by atoms with E-state index in [-0.39, 0.29) is 18.0 Å². The fourth-order valence-electron chi connectivity index (χ4n) is 2.72. The number of urea groups is 1. The summed E-state index contributed by atoms with van der Waals surface area (Å²) >= 11 is 0. The molecule has 1 atom stereocenters. The average molecular weight is 353 g/mol.